The third-order valence-electron chi connectivity index (χ3n) is 1.81. The van der Waals surface area contributed by atoms with Gasteiger partial charge in [-0.05, 0) is 12.1 Å². The number of benzene rings is 1. The van der Waals surface area contributed by atoms with Gasteiger partial charge in [-0.2, -0.15) is 0 Å². The molecule has 0 aliphatic rings. The summed E-state index contributed by atoms with van der Waals surface area (Å²) in [6, 6.07) is 7.51. The van der Waals surface area contributed by atoms with Gasteiger partial charge in [-0.15, -0.1) is 15.9 Å². The van der Waals surface area contributed by atoms with E-state index >= 15 is 0 Å². The van der Waals surface area contributed by atoms with Crippen LogP contribution in [0.3, 0.4) is 0 Å². The van der Waals surface area contributed by atoms with E-state index in [1.54, 1.807) is 6.07 Å². The van der Waals surface area contributed by atoms with Crippen molar-refractivity contribution in [2.45, 2.75) is 0 Å². The van der Waals surface area contributed by atoms with Gasteiger partial charge in [0.05, 0.1) is 0 Å². The summed E-state index contributed by atoms with van der Waals surface area (Å²) in [5, 5.41) is 0. The highest BCUT2D eigenvalue weighted by atomic mass is 31.2. The molecule has 1 aromatic rings. The topological polar surface area (TPSA) is 142 Å². The zero-order valence-electron chi connectivity index (χ0n) is 8.59. The average molecular weight is 277 g/mol. The zero-order valence-corrected chi connectivity index (χ0v) is 10.4. The average Bonchev–Trinajstić information content (AvgIpc) is 2.14. The van der Waals surface area contributed by atoms with Gasteiger partial charge in [0.2, 0.25) is 0 Å². The monoisotopic (exact) mass is 277 g/mol. The van der Waals surface area contributed by atoms with Gasteiger partial charge in [-0.25, -0.2) is 0 Å². The van der Waals surface area contributed by atoms with Crippen LogP contribution in [0.4, 0.5) is 5.69 Å². The molecule has 0 bridgehead atoms. The van der Waals surface area contributed by atoms with Crippen molar-refractivity contribution in [3.05, 3.63) is 30.3 Å². The van der Waals surface area contributed by atoms with E-state index in [2.05, 4.69) is 0 Å². The lowest BCUT2D eigenvalue weighted by Gasteiger charge is -2.50. The fraction of sp³-hybridized carbons (Fsp3) is 0.250. The van der Waals surface area contributed by atoms with E-state index in [1.165, 1.54) is 24.3 Å². The molecule has 0 radical (unpaired) electrons. The maximum absolute atomic E-state index is 10.6. The Morgan fingerprint density at radius 3 is 1.53 bits per heavy atom. The van der Waals surface area contributed by atoms with Gasteiger partial charge < -0.3 is 34.3 Å². The molecular formula is C8H9NO6P2-4. The standard InChI is InChI=1S/C8H13NO6P2/c10-16(11,12)6-9(7-17(13,14)15)8-4-2-1-3-5-8/h1-5H,6-7H2,(H2,10,11,12)(H2,13,14,15)/p-4. The number of hydrogen-bond acceptors (Lipinski definition) is 7. The minimum Gasteiger partial charge on any atom is -0.686 e. The van der Waals surface area contributed by atoms with Crippen molar-refractivity contribution < 1.29 is 29.4 Å². The summed E-state index contributed by atoms with van der Waals surface area (Å²) < 4.78 is 0. The minimum atomic E-state index is -4.95. The number of hydrogen-bond donors (Lipinski definition) is 0. The first-order valence-corrected chi connectivity index (χ1v) is 7.95. The van der Waals surface area contributed by atoms with E-state index in [0.29, 0.717) is 0 Å². The second kappa shape index (κ2) is 5.52. The van der Waals surface area contributed by atoms with Crippen LogP contribution in [0.25, 0.3) is 0 Å². The van der Waals surface area contributed by atoms with Crippen LogP contribution in [0.1, 0.15) is 0 Å². The number of para-hydroxylation sites is 1. The molecule has 0 heterocycles. The number of rotatable bonds is 5. The summed E-state index contributed by atoms with van der Waals surface area (Å²) in [7, 11) is -9.89. The highest BCUT2D eigenvalue weighted by molar-refractivity contribution is 7.55. The summed E-state index contributed by atoms with van der Waals surface area (Å²) in [5.41, 5.74) is 0.186. The molecule has 0 fully saturated rings. The molecule has 1 rings (SSSR count). The summed E-state index contributed by atoms with van der Waals surface area (Å²) >= 11 is 0. The SMILES string of the molecule is [O-][P+]([O-])([O-])CN(C[P+]([O-])([O-])[O-])c1ccccc1. The minimum absolute atomic E-state index is 0.186. The molecule has 0 saturated carbocycles. The molecule has 96 valence electrons. The first kappa shape index (κ1) is 14.7. The van der Waals surface area contributed by atoms with Gasteiger partial charge in [0.15, 0.2) is 0 Å². The van der Waals surface area contributed by atoms with Gasteiger partial charge in [0, 0.05) is 5.69 Å². The van der Waals surface area contributed by atoms with E-state index in [0.717, 1.165) is 4.90 Å². The van der Waals surface area contributed by atoms with Gasteiger partial charge in [-0.1, -0.05) is 18.2 Å². The fourth-order valence-corrected chi connectivity index (χ4v) is 2.79. The van der Waals surface area contributed by atoms with Crippen LogP contribution in [-0.2, 0) is 0 Å². The molecule has 0 saturated heterocycles. The molecule has 0 aliphatic carbocycles. The van der Waals surface area contributed by atoms with Crippen molar-refractivity contribution in [2.75, 3.05) is 17.5 Å². The summed E-state index contributed by atoms with van der Waals surface area (Å²) in [4.78, 5) is 64.5. The molecule has 0 unspecified atom stereocenters. The first-order valence-electron chi connectivity index (χ1n) is 4.49. The molecule has 0 spiro atoms. The molecule has 0 aromatic heterocycles. The smallest absolute Gasteiger partial charge is 0.116 e. The highest BCUT2D eigenvalue weighted by Gasteiger charge is 2.14. The van der Waals surface area contributed by atoms with Gasteiger partial charge in [-0.3, -0.25) is 0 Å². The van der Waals surface area contributed by atoms with Crippen LogP contribution in [-0.4, -0.2) is 12.6 Å². The maximum Gasteiger partial charge on any atom is 0.116 e. The first-order chi connectivity index (χ1) is 7.67. The number of anilines is 1. The maximum atomic E-state index is 10.6. The zero-order chi connectivity index (χ0) is 13.1. The van der Waals surface area contributed by atoms with Crippen molar-refractivity contribution in [1.29, 1.82) is 0 Å². The Balaban J connectivity index is 2.87. The van der Waals surface area contributed by atoms with E-state index in [1.807, 2.05) is 0 Å². The highest BCUT2D eigenvalue weighted by Crippen LogP contribution is 2.37. The van der Waals surface area contributed by atoms with Crippen LogP contribution in [0.5, 0.6) is 0 Å². The summed E-state index contributed by atoms with van der Waals surface area (Å²) in [6.45, 7) is 0. The van der Waals surface area contributed by atoms with E-state index in [-0.39, 0.29) is 5.69 Å². The molecule has 7 nitrogen and oxygen atoms in total. The molecule has 1 aromatic carbocycles. The molecule has 0 N–H and O–H groups in total. The van der Waals surface area contributed by atoms with Crippen molar-refractivity contribution in [3.8, 4) is 0 Å². The van der Waals surface area contributed by atoms with Crippen LogP contribution in [0.2, 0.25) is 0 Å². The predicted octanol–water partition coefficient (Wildman–Crippen LogP) is -3.90. The Hall–Kier alpha value is -0.360. The second-order valence-corrected chi connectivity index (χ2v) is 6.39. The van der Waals surface area contributed by atoms with Crippen LogP contribution in [0.15, 0.2) is 30.3 Å². The molecule has 0 aliphatic heterocycles. The Bertz CT molecular complexity index is 333. The number of nitrogens with zero attached hydrogens (tertiary/aromatic N) is 1. The lowest BCUT2D eigenvalue weighted by atomic mass is 10.3. The van der Waals surface area contributed by atoms with Gasteiger partial charge >= 0.3 is 0 Å². The Morgan fingerprint density at radius 2 is 1.18 bits per heavy atom. The van der Waals surface area contributed by atoms with E-state index < -0.39 is 28.5 Å². The van der Waals surface area contributed by atoms with Crippen molar-refractivity contribution in [3.63, 3.8) is 0 Å². The Kier molecular flexibility index (Phi) is 4.77. The lowest BCUT2D eigenvalue weighted by molar-refractivity contribution is -0.427. The summed E-state index contributed by atoms with van der Waals surface area (Å²) in [6.07, 6.45) is -2.07. The molecule has 9 heteroatoms. The quantitative estimate of drug-likeness (QED) is 0.500. The van der Waals surface area contributed by atoms with Crippen molar-refractivity contribution >= 4 is 21.6 Å². The largest absolute Gasteiger partial charge is 0.686 e. The molecule has 0 amide bonds. The van der Waals surface area contributed by atoms with E-state index in [9.17, 15) is 29.4 Å². The lowest BCUT2D eigenvalue weighted by Crippen LogP contribution is -2.47. The van der Waals surface area contributed by atoms with E-state index in [4.69, 9.17) is 0 Å². The van der Waals surface area contributed by atoms with Gasteiger partial charge in [0.25, 0.3) is 0 Å². The van der Waals surface area contributed by atoms with Crippen LogP contribution < -0.4 is 34.3 Å². The molecule has 0 atom stereocenters. The van der Waals surface area contributed by atoms with Crippen LogP contribution in [0, 0.1) is 0 Å². The third-order valence-corrected chi connectivity index (χ3v) is 3.18. The third kappa shape index (κ3) is 6.21. The van der Waals surface area contributed by atoms with Crippen molar-refractivity contribution in [2.24, 2.45) is 0 Å². The fourth-order valence-electron chi connectivity index (χ4n) is 1.26. The van der Waals surface area contributed by atoms with Gasteiger partial charge in [0.1, 0.15) is 12.6 Å². The Labute approximate surface area is 99.4 Å². The van der Waals surface area contributed by atoms with Crippen molar-refractivity contribution in [1.82, 2.24) is 0 Å². The van der Waals surface area contributed by atoms with Crippen LogP contribution >= 0.6 is 15.9 Å². The normalized spacial score (nSPS) is 12.6. The second-order valence-electron chi connectivity index (χ2n) is 3.38. The molecule has 17 heavy (non-hydrogen) atoms. The molecular weight excluding hydrogens is 268 g/mol. The Morgan fingerprint density at radius 1 is 0.765 bits per heavy atom. The predicted molar refractivity (Wildman–Crippen MR) is 52.5 cm³/mol. The summed E-state index contributed by atoms with van der Waals surface area (Å²) in [5.74, 6) is 0.